The number of phenolic OH excluding ortho intramolecular Hbond substituents is 2. The summed E-state index contributed by atoms with van der Waals surface area (Å²) >= 11 is 0. The normalized spacial score (nSPS) is 26.8. The number of Topliss-reactive ketones (excluding diaryl/α,β-unsaturated/α-hetero) is 1. The van der Waals surface area contributed by atoms with Crippen molar-refractivity contribution in [3.63, 3.8) is 0 Å². The predicted octanol–water partition coefficient (Wildman–Crippen LogP) is 0.204. The van der Waals surface area contributed by atoms with Crippen LogP contribution in [0.25, 0.3) is 0 Å². The molecule has 0 spiro atoms. The molecule has 18 nitrogen and oxygen atoms in total. The smallest absolute Gasteiger partial charge is 0.434 e. The number of imidazole rings is 1. The van der Waals surface area contributed by atoms with Gasteiger partial charge in [-0.2, -0.15) is 0 Å². The number of methoxy groups -OCH3 is 1. The zero-order valence-electron chi connectivity index (χ0n) is 27.4. The van der Waals surface area contributed by atoms with E-state index < -0.39 is 107 Å². The van der Waals surface area contributed by atoms with E-state index in [1.54, 1.807) is 0 Å². The van der Waals surface area contributed by atoms with Crippen molar-refractivity contribution in [2.24, 2.45) is 0 Å². The molecular weight excluding hydrogens is 676 g/mol. The van der Waals surface area contributed by atoms with Gasteiger partial charge in [-0.3, -0.25) is 14.4 Å². The minimum Gasteiger partial charge on any atom is -0.507 e. The summed E-state index contributed by atoms with van der Waals surface area (Å²) < 4.78 is 18.6. The van der Waals surface area contributed by atoms with Crippen LogP contribution in [0.15, 0.2) is 30.6 Å². The number of nitrogens with one attached hydrogen (secondary N) is 1. The minimum absolute atomic E-state index is 0.0467. The van der Waals surface area contributed by atoms with E-state index in [1.165, 1.54) is 49.2 Å². The van der Waals surface area contributed by atoms with Crippen molar-refractivity contribution >= 4 is 23.4 Å². The first-order valence-electron chi connectivity index (χ1n) is 16.0. The number of carbonyl (C=O) groups excluding carboxylic acids is 3. The first kappa shape index (κ1) is 35.8. The van der Waals surface area contributed by atoms with E-state index >= 15 is 0 Å². The molecule has 1 aromatic heterocycles. The number of hydrogen-bond donors (Lipinski definition) is 7. The molecule has 6 rings (SSSR count). The SMILES string of the molecule is COc1cccc2c1C(=O)c1c(O)c3c(c(O)c1C2O)CC(O)(C(=O)CO)CC3OC1CC(NC(=O)CCn2ccnc2[N+](=O)[O-])C(O)C(C)O1. The van der Waals surface area contributed by atoms with Gasteiger partial charge < -0.3 is 60.3 Å². The first-order chi connectivity index (χ1) is 24.2. The van der Waals surface area contributed by atoms with Crippen LogP contribution >= 0.6 is 0 Å². The lowest BCUT2D eigenvalue weighted by Crippen LogP contribution is -2.56. The number of aliphatic hydroxyl groups excluding tert-OH is 3. The van der Waals surface area contributed by atoms with Gasteiger partial charge in [0.25, 0.3) is 0 Å². The molecule has 3 aromatic rings. The van der Waals surface area contributed by atoms with E-state index in [4.69, 9.17) is 14.2 Å². The zero-order valence-corrected chi connectivity index (χ0v) is 27.4. The van der Waals surface area contributed by atoms with Crippen LogP contribution in [0.5, 0.6) is 17.2 Å². The molecule has 2 aromatic carbocycles. The van der Waals surface area contributed by atoms with Crippen molar-refractivity contribution in [3.05, 3.63) is 74.1 Å². The molecule has 7 unspecified atom stereocenters. The third kappa shape index (κ3) is 6.19. The summed E-state index contributed by atoms with van der Waals surface area (Å²) in [6.07, 6.45) is -5.57. The van der Waals surface area contributed by atoms with Crippen LogP contribution in [0.3, 0.4) is 0 Å². The Morgan fingerprint density at radius 2 is 1.94 bits per heavy atom. The van der Waals surface area contributed by atoms with Crippen molar-refractivity contribution < 1.29 is 64.2 Å². The number of aryl methyl sites for hydroxylation is 1. The molecular formula is C33H36N4O14. The van der Waals surface area contributed by atoms with Crippen LogP contribution in [-0.2, 0) is 32.0 Å². The molecule has 7 N–H and O–H groups in total. The van der Waals surface area contributed by atoms with E-state index in [-0.39, 0.29) is 53.0 Å². The Hall–Kier alpha value is -4.98. The van der Waals surface area contributed by atoms with E-state index in [0.29, 0.717) is 0 Å². The Labute approximate surface area is 289 Å². The Balaban J connectivity index is 1.32. The van der Waals surface area contributed by atoms with Gasteiger partial charge in [0, 0.05) is 41.5 Å². The molecule has 3 aliphatic rings. The van der Waals surface area contributed by atoms with Gasteiger partial charge in [0.1, 0.15) is 54.1 Å². The summed E-state index contributed by atoms with van der Waals surface area (Å²) in [5.41, 5.74) is -3.48. The van der Waals surface area contributed by atoms with Gasteiger partial charge in [-0.05, 0) is 17.9 Å². The average molecular weight is 713 g/mol. The third-order valence-corrected chi connectivity index (χ3v) is 9.71. The van der Waals surface area contributed by atoms with Crippen LogP contribution in [0.2, 0.25) is 0 Å². The molecule has 0 radical (unpaired) electrons. The van der Waals surface area contributed by atoms with E-state index in [2.05, 4.69) is 10.3 Å². The fourth-order valence-corrected chi connectivity index (χ4v) is 7.17. The highest BCUT2D eigenvalue weighted by molar-refractivity contribution is 6.16. The maximum atomic E-state index is 13.9. The number of fused-ring (bicyclic) bond motifs is 3. The fraction of sp³-hybridized carbons (Fsp3) is 0.455. The first-order valence-corrected chi connectivity index (χ1v) is 16.0. The quantitative estimate of drug-likeness (QED) is 0.0841. The largest absolute Gasteiger partial charge is 0.507 e. The number of ether oxygens (including phenoxy) is 3. The van der Waals surface area contributed by atoms with Gasteiger partial charge in [0.2, 0.25) is 11.7 Å². The molecule has 1 fully saturated rings. The topological polar surface area (TPSA) is 273 Å². The summed E-state index contributed by atoms with van der Waals surface area (Å²) in [5.74, 6) is -4.08. The van der Waals surface area contributed by atoms with Gasteiger partial charge in [0.05, 0.1) is 49.5 Å². The van der Waals surface area contributed by atoms with Crippen molar-refractivity contribution in [3.8, 4) is 17.2 Å². The lowest BCUT2D eigenvalue weighted by atomic mass is 9.71. The lowest BCUT2D eigenvalue weighted by Gasteiger charge is -2.43. The van der Waals surface area contributed by atoms with Gasteiger partial charge in [0.15, 0.2) is 12.1 Å². The molecule has 18 heteroatoms. The highest BCUT2D eigenvalue weighted by Crippen LogP contribution is 2.54. The Morgan fingerprint density at radius 1 is 1.20 bits per heavy atom. The Kier molecular flexibility index (Phi) is 9.57. The van der Waals surface area contributed by atoms with Crippen molar-refractivity contribution in [2.45, 2.75) is 81.5 Å². The number of carbonyl (C=O) groups is 3. The Morgan fingerprint density at radius 3 is 2.63 bits per heavy atom. The highest BCUT2D eigenvalue weighted by Gasteiger charge is 2.50. The van der Waals surface area contributed by atoms with E-state index in [9.17, 15) is 55.1 Å². The van der Waals surface area contributed by atoms with Crippen molar-refractivity contribution in [1.29, 1.82) is 0 Å². The number of nitro groups is 1. The third-order valence-electron chi connectivity index (χ3n) is 9.71. The number of rotatable bonds is 10. The summed E-state index contributed by atoms with van der Waals surface area (Å²) in [4.78, 5) is 53.8. The number of aromatic nitrogens is 2. The van der Waals surface area contributed by atoms with Crippen molar-refractivity contribution in [2.75, 3.05) is 13.7 Å². The molecule has 0 bridgehead atoms. The number of aromatic hydroxyl groups is 2. The number of aliphatic hydroxyl groups is 4. The number of amides is 1. The Bertz CT molecular complexity index is 1910. The summed E-state index contributed by atoms with van der Waals surface area (Å²) in [7, 11) is 1.32. The lowest BCUT2D eigenvalue weighted by molar-refractivity contribution is -0.396. The fourth-order valence-electron chi connectivity index (χ4n) is 7.17. The van der Waals surface area contributed by atoms with Crippen molar-refractivity contribution in [1.82, 2.24) is 14.9 Å². The van der Waals surface area contributed by atoms with Crippen LogP contribution in [0, 0.1) is 10.1 Å². The van der Waals surface area contributed by atoms with Crippen LogP contribution in [-0.4, -0.2) is 106 Å². The maximum absolute atomic E-state index is 13.9. The highest BCUT2D eigenvalue weighted by atomic mass is 16.7. The second-order valence-corrected chi connectivity index (χ2v) is 12.8. The average Bonchev–Trinajstić information content (AvgIpc) is 3.58. The minimum atomic E-state index is -2.33. The monoisotopic (exact) mass is 712 g/mol. The zero-order chi connectivity index (χ0) is 36.9. The van der Waals surface area contributed by atoms with Gasteiger partial charge in [-0.15, -0.1) is 0 Å². The number of benzene rings is 2. The number of ketones is 2. The van der Waals surface area contributed by atoms with Gasteiger partial charge >= 0.3 is 5.95 Å². The molecule has 2 heterocycles. The van der Waals surface area contributed by atoms with Crippen LogP contribution in [0.4, 0.5) is 5.95 Å². The second kappa shape index (κ2) is 13.6. The number of hydrogen-bond acceptors (Lipinski definition) is 15. The molecule has 1 amide bonds. The molecule has 7 atom stereocenters. The molecule has 1 saturated heterocycles. The summed E-state index contributed by atoms with van der Waals surface area (Å²) in [5, 5.41) is 80.6. The molecule has 0 saturated carbocycles. The van der Waals surface area contributed by atoms with Crippen LogP contribution < -0.4 is 10.1 Å². The van der Waals surface area contributed by atoms with Gasteiger partial charge in [-0.1, -0.05) is 17.1 Å². The van der Waals surface area contributed by atoms with E-state index in [1.807, 2.05) is 0 Å². The number of nitrogens with zero attached hydrogens (tertiary/aromatic N) is 3. The standard InChI is InChI=1S/C33H36N4O14/c1-14-27(41)17(35-21(40)6-8-36-9-7-34-32(36)37(47)48)10-22(50-14)51-19-12-33(46,20(39)13-38)11-16-24(19)31(45)26-25(29(16)43)28(42)15-4-3-5-18(49-2)23(15)30(26)44/h3-5,7,9,14,17,19,22,27-28,38,41-43,45-46H,6,8,10-13H2,1-2H3,(H,35,40). The summed E-state index contributed by atoms with van der Waals surface area (Å²) in [6.45, 7) is 0.341. The predicted molar refractivity (Wildman–Crippen MR) is 170 cm³/mol. The van der Waals surface area contributed by atoms with E-state index in [0.717, 1.165) is 0 Å². The number of phenols is 2. The maximum Gasteiger partial charge on any atom is 0.434 e. The molecule has 1 aliphatic heterocycles. The second-order valence-electron chi connectivity index (χ2n) is 12.8. The molecule has 272 valence electrons. The van der Waals surface area contributed by atoms with Crippen LogP contribution in [0.1, 0.15) is 76.6 Å². The van der Waals surface area contributed by atoms with Gasteiger partial charge in [-0.25, -0.2) is 4.57 Å². The summed E-state index contributed by atoms with van der Waals surface area (Å²) in [6, 6.07) is 3.49. The molecule has 51 heavy (non-hydrogen) atoms. The molecule has 2 aliphatic carbocycles.